The number of hydrogen-bond donors (Lipinski definition) is 6. The van der Waals surface area contributed by atoms with Crippen LogP contribution in [0.3, 0.4) is 0 Å². The molecule has 7 heterocycles. The number of anilines is 2. The third-order valence-corrected chi connectivity index (χ3v) is 11.8. The molecule has 21 nitrogen and oxygen atoms in total. The summed E-state index contributed by atoms with van der Waals surface area (Å²) in [5.41, 5.74) is 10.5. The van der Waals surface area contributed by atoms with Gasteiger partial charge in [-0.2, -0.15) is 9.67 Å². The van der Waals surface area contributed by atoms with Gasteiger partial charge in [0.2, 0.25) is 5.95 Å². The van der Waals surface area contributed by atoms with Crippen LogP contribution in [0.15, 0.2) is 11.1 Å². The van der Waals surface area contributed by atoms with Gasteiger partial charge in [-0.1, -0.05) is 22.7 Å². The number of hydrogen-bond acceptors (Lipinski definition) is 19. The number of thiol groups is 1. The van der Waals surface area contributed by atoms with E-state index in [1.54, 1.807) is 0 Å². The lowest BCUT2D eigenvalue weighted by atomic mass is 10.1. The van der Waals surface area contributed by atoms with Gasteiger partial charge in [0.05, 0.1) is 24.6 Å². The average molecular weight is 727 g/mol. The Morgan fingerprint density at radius 1 is 1.18 bits per heavy atom. The number of nitrogen functional groups attached to an aromatic ring is 2. The second-order valence-corrected chi connectivity index (χ2v) is 17.0. The molecule has 0 spiro atoms. The van der Waals surface area contributed by atoms with Crippen LogP contribution >= 0.6 is 37.5 Å². The first kappa shape index (κ1) is 31.2. The van der Waals surface area contributed by atoms with Crippen molar-refractivity contribution in [1.29, 1.82) is 0 Å². The number of nitrogens with one attached hydrogen (secondary N) is 1. The smallest absolute Gasteiger partial charge is 0.386 e. The van der Waals surface area contributed by atoms with Crippen LogP contribution in [0, 0.1) is 0 Å². The van der Waals surface area contributed by atoms with E-state index in [1.807, 2.05) is 0 Å². The van der Waals surface area contributed by atoms with E-state index in [2.05, 4.69) is 52.8 Å². The summed E-state index contributed by atoms with van der Waals surface area (Å²) in [6.45, 7) is -10.6. The van der Waals surface area contributed by atoms with Crippen molar-refractivity contribution in [1.82, 2.24) is 49.9 Å². The fourth-order valence-electron chi connectivity index (χ4n) is 5.05. The number of aliphatic hydroxyl groups is 1. The molecule has 27 heteroatoms. The van der Waals surface area contributed by atoms with Crippen molar-refractivity contribution in [3.05, 3.63) is 16.7 Å². The van der Waals surface area contributed by atoms with Crippen LogP contribution in [0.5, 0.6) is 0 Å². The molecule has 4 aromatic rings. The van der Waals surface area contributed by atoms with Gasteiger partial charge in [-0.15, -0.1) is 22.0 Å². The molecule has 4 aromatic heterocycles. The average Bonchev–Trinajstić information content (AvgIpc) is 3.73. The summed E-state index contributed by atoms with van der Waals surface area (Å²) in [5.74, 6) is -3.01. The monoisotopic (exact) mass is 726 g/mol. The molecular formula is C18H21FN12O9P2S3. The molecule has 0 saturated carbocycles. The highest BCUT2D eigenvalue weighted by atomic mass is 32.7. The number of halogens is 1. The van der Waals surface area contributed by atoms with Gasteiger partial charge in [-0.3, -0.25) is 23.3 Å². The maximum absolute atomic E-state index is 16.9. The minimum atomic E-state index is -4.39. The molecule has 2 unspecified atom stereocenters. The summed E-state index contributed by atoms with van der Waals surface area (Å²) in [4.78, 5) is 37.6. The molecule has 9 atom stereocenters. The quantitative estimate of drug-likeness (QED) is 0.106. The van der Waals surface area contributed by atoms with Gasteiger partial charge >= 0.3 is 13.5 Å². The Bertz CT molecular complexity index is 1970. The van der Waals surface area contributed by atoms with Crippen LogP contribution in [0.4, 0.5) is 16.2 Å². The standard InChI is InChI=1S/C18H21FN12O9P2S3/c19-18(31-13-7(26-29-31)12(20)22-4-23-13)3-36-5-1-37-41(34,43)39-10-9(32)6(2-38-42(35,44)40-11(5)18)45-16(10)30-14-8(27-28-30)15(33)25-17(21)24-14/h4-6,9-11,16,32H,1-3H2,(H,34,43)(H,35,44)(H2,20,22,23)(H3,21,24,25,33)/t5-,6-,9-,10-,11-,16-,18-,41?,42?/m1/s1. The fraction of sp³-hybridized carbons (Fsp3) is 0.556. The molecule has 3 aliphatic rings. The molecule has 0 radical (unpaired) electrons. The largest absolute Gasteiger partial charge is 0.389 e. The first-order chi connectivity index (χ1) is 21.3. The molecule has 7 rings (SSSR count). The molecule has 2 bridgehead atoms. The third-order valence-electron chi connectivity index (χ3n) is 7.10. The summed E-state index contributed by atoms with van der Waals surface area (Å²) < 4.78 is 60.3. The molecule has 3 aliphatic heterocycles. The predicted octanol–water partition coefficient (Wildman–Crippen LogP) is -1.02. The minimum absolute atomic E-state index is 0.00828. The van der Waals surface area contributed by atoms with Crippen molar-refractivity contribution in [2.45, 2.75) is 40.8 Å². The molecule has 3 saturated heterocycles. The van der Waals surface area contributed by atoms with E-state index < -0.39 is 79.7 Å². The molecule has 0 amide bonds. The number of ether oxygens (including phenoxy) is 1. The van der Waals surface area contributed by atoms with Crippen LogP contribution in [0.2, 0.25) is 0 Å². The van der Waals surface area contributed by atoms with Crippen LogP contribution in [0.25, 0.3) is 22.3 Å². The molecule has 7 N–H and O–H groups in total. The van der Waals surface area contributed by atoms with E-state index in [1.165, 1.54) is 0 Å². The van der Waals surface area contributed by atoms with E-state index in [0.29, 0.717) is 0 Å². The minimum Gasteiger partial charge on any atom is -0.389 e. The Labute approximate surface area is 263 Å². The number of aromatic amines is 1. The lowest BCUT2D eigenvalue weighted by molar-refractivity contribution is -0.0459. The summed E-state index contributed by atoms with van der Waals surface area (Å²) in [6, 6.07) is 0. The normalized spacial score (nSPS) is 37.7. The highest BCUT2D eigenvalue weighted by Crippen LogP contribution is 2.60. The summed E-state index contributed by atoms with van der Waals surface area (Å²) in [7, 11) is 0. The van der Waals surface area contributed by atoms with Crippen molar-refractivity contribution < 1.29 is 41.8 Å². The van der Waals surface area contributed by atoms with Crippen molar-refractivity contribution >= 4 is 83.4 Å². The van der Waals surface area contributed by atoms with Crippen molar-refractivity contribution in [3.63, 3.8) is 0 Å². The van der Waals surface area contributed by atoms with E-state index in [9.17, 15) is 19.4 Å². The summed E-state index contributed by atoms with van der Waals surface area (Å²) in [5, 5.41) is 24.7. The second kappa shape index (κ2) is 11.1. The summed E-state index contributed by atoms with van der Waals surface area (Å²) in [6.07, 6.45) is -4.94. The molecule has 0 aliphatic carbocycles. The second-order valence-electron chi connectivity index (χ2n) is 9.94. The Morgan fingerprint density at radius 2 is 1.96 bits per heavy atom. The lowest BCUT2D eigenvalue weighted by Gasteiger charge is -2.31. The van der Waals surface area contributed by atoms with Crippen LogP contribution in [-0.2, 0) is 45.0 Å². The molecule has 0 aromatic carbocycles. The number of alkyl halides is 1. The fourth-order valence-corrected chi connectivity index (χ4v) is 9.61. The van der Waals surface area contributed by atoms with Crippen molar-refractivity contribution in [3.8, 4) is 0 Å². The zero-order valence-electron chi connectivity index (χ0n) is 22.1. The molecule has 242 valence electrons. The highest BCUT2D eigenvalue weighted by Gasteiger charge is 2.58. The molecule has 3 fully saturated rings. The van der Waals surface area contributed by atoms with Gasteiger partial charge in [-0.25, -0.2) is 23.6 Å². The summed E-state index contributed by atoms with van der Waals surface area (Å²) >= 11 is 10.3. The number of H-pyrrole nitrogens is 1. The topological polar surface area (TPSA) is 289 Å². The van der Waals surface area contributed by atoms with E-state index in [4.69, 9.17) is 46.1 Å². The van der Waals surface area contributed by atoms with Gasteiger partial charge in [-0.05, 0) is 11.8 Å². The number of nitrogens with two attached hydrogens (primary N) is 2. The Morgan fingerprint density at radius 3 is 2.76 bits per heavy atom. The number of nitrogens with zero attached hydrogens (tertiary/aromatic N) is 9. The van der Waals surface area contributed by atoms with Crippen LogP contribution in [0.1, 0.15) is 5.37 Å². The Balaban J connectivity index is 1.23. The third kappa shape index (κ3) is 5.43. The lowest BCUT2D eigenvalue weighted by Crippen LogP contribution is -2.46. The van der Waals surface area contributed by atoms with Gasteiger partial charge in [0, 0.05) is 0 Å². The van der Waals surface area contributed by atoms with E-state index in [0.717, 1.165) is 27.5 Å². The number of rotatable bonds is 2. The van der Waals surface area contributed by atoms with E-state index >= 15 is 4.39 Å². The zero-order chi connectivity index (χ0) is 31.9. The first-order valence-electron chi connectivity index (χ1n) is 12.6. The van der Waals surface area contributed by atoms with Crippen molar-refractivity contribution in [2.75, 3.05) is 31.3 Å². The number of thioether (sulfide) groups is 1. The van der Waals surface area contributed by atoms with Crippen LogP contribution in [-0.4, -0.2) is 109 Å². The van der Waals surface area contributed by atoms with Crippen LogP contribution < -0.4 is 17.0 Å². The van der Waals surface area contributed by atoms with Gasteiger partial charge in [0.15, 0.2) is 34.2 Å². The van der Waals surface area contributed by atoms with E-state index in [-0.39, 0.29) is 34.1 Å². The SMILES string of the molecule is Nc1nc2c(nnn2[C@@H]2S[C@@H]3COP(O)(=S)O[C@@H]4[C@@H](COP(=O)(S)O[C@@H]2[C@@H]3O)OC[C@@]4(F)n2nnc3c(N)ncnc32)c(=O)[nH]1. The Kier molecular flexibility index (Phi) is 7.69. The highest BCUT2D eigenvalue weighted by molar-refractivity contribution is 8.44. The van der Waals surface area contributed by atoms with Crippen molar-refractivity contribution in [2.24, 2.45) is 0 Å². The maximum atomic E-state index is 16.9. The zero-order valence-corrected chi connectivity index (χ0v) is 26.4. The number of aromatic nitrogens is 10. The number of fused-ring (bicyclic) bond motifs is 5. The first-order valence-corrected chi connectivity index (χ1v) is 18.9. The molecular weight excluding hydrogens is 705 g/mol. The number of aliphatic hydroxyl groups excluding tert-OH is 1. The van der Waals surface area contributed by atoms with Gasteiger partial charge in [0.1, 0.15) is 30.5 Å². The maximum Gasteiger partial charge on any atom is 0.386 e. The Hall–Kier alpha value is -2.41. The van der Waals surface area contributed by atoms with Gasteiger partial charge < -0.3 is 30.7 Å². The molecule has 45 heavy (non-hydrogen) atoms. The van der Waals surface area contributed by atoms with Gasteiger partial charge in [0.25, 0.3) is 11.4 Å². The predicted molar refractivity (Wildman–Crippen MR) is 158 cm³/mol.